The lowest BCUT2D eigenvalue weighted by Crippen LogP contribution is -2.41. The van der Waals surface area contributed by atoms with Crippen LogP contribution >= 0.6 is 39.1 Å². The molecular formula is C126H98B2BrCl2NO4. The van der Waals surface area contributed by atoms with Crippen LogP contribution in [-0.4, -0.2) is 35.5 Å². The van der Waals surface area contributed by atoms with Crippen LogP contribution in [0.5, 0.6) is 0 Å². The molecule has 658 valence electrons. The Bertz CT molecular complexity index is 7830. The molecule has 25 rings (SSSR count). The van der Waals surface area contributed by atoms with Crippen molar-refractivity contribution in [1.82, 2.24) is 0 Å². The number of halogens is 3. The highest BCUT2D eigenvalue weighted by atomic mass is 79.9. The number of hydrogen-bond donors (Lipinski definition) is 2. The van der Waals surface area contributed by atoms with Crippen molar-refractivity contribution in [1.29, 1.82) is 0 Å². The standard InChI is InChI=1S/C48H46BNO2.C39H25Cl.C33H21Br.C6H6BClO2/c1-45(2)41-17-13-12-16-37(41)39-26-23-35(29-43(39)45)50(34-21-18-32(19-22-34)31-14-10-9-11-15-31)36-24-27-40-38-25-20-33(28-42(38)46(3,4)44(40)30-36)49-51-47(5,6)48(7,8)52-49;1-2-25-9-3-4-10-30(25)28-18-22-34-32-12-6-8-14-36(32)39(38(34)24-28)35-13-7-5-11-31(35)33-21-17-27(23-37(33)39)26-15-19-29(40)20-16-26;1-2-21-9-3-4-10-24(21)22-15-17-27-25-11-5-7-13-29(25)33(31(27)19-22)30-14-8-6-12-26(30)28-18-16-23(34)20-32(28)33;8-6-3-1-5(2-4-6)7(9)10/h9-30H,1-8H3;2-24H,1H2;2-20H,1H2;1-4,9-10H. The molecule has 1 fully saturated rings. The Kier molecular flexibility index (Phi) is 21.9. The molecule has 2 spiro atoms. The van der Waals surface area contributed by atoms with Crippen molar-refractivity contribution in [3.05, 3.63) is 506 Å². The Morgan fingerprint density at radius 2 is 0.581 bits per heavy atom. The van der Waals surface area contributed by atoms with Gasteiger partial charge in [-0.15, -0.1) is 0 Å². The van der Waals surface area contributed by atoms with Crippen LogP contribution in [0, 0.1) is 0 Å². The average molecular weight is 1860 g/mol. The summed E-state index contributed by atoms with van der Waals surface area (Å²) in [5.41, 5.74) is 47.0. The van der Waals surface area contributed by atoms with Crippen molar-refractivity contribution in [2.24, 2.45) is 0 Å². The summed E-state index contributed by atoms with van der Waals surface area (Å²) >= 11 is 15.6. The first-order valence-corrected chi connectivity index (χ1v) is 48.2. The third kappa shape index (κ3) is 14.2. The third-order valence-electron chi connectivity index (χ3n) is 30.0. The smallest absolute Gasteiger partial charge is 0.423 e. The number of hydrogen-bond acceptors (Lipinski definition) is 5. The van der Waals surface area contributed by atoms with Gasteiger partial charge in [-0.05, 0) is 319 Å². The number of anilines is 3. The lowest BCUT2D eigenvalue weighted by molar-refractivity contribution is 0.00578. The molecule has 18 aromatic carbocycles. The normalized spacial score (nSPS) is 16.4. The largest absolute Gasteiger partial charge is 0.494 e. The Morgan fingerprint density at radius 3 is 1.03 bits per heavy atom. The molecule has 0 saturated carbocycles. The van der Waals surface area contributed by atoms with Gasteiger partial charge in [0, 0.05) is 42.4 Å². The Labute approximate surface area is 816 Å². The molecule has 2 atom stereocenters. The summed E-state index contributed by atoms with van der Waals surface area (Å²) in [7, 11) is -1.80. The fraction of sp³-hybridized carbons (Fsp3) is 0.111. The molecule has 2 unspecified atom stereocenters. The van der Waals surface area contributed by atoms with Gasteiger partial charge in [0.25, 0.3) is 0 Å². The summed E-state index contributed by atoms with van der Waals surface area (Å²) < 4.78 is 14.1. The van der Waals surface area contributed by atoms with Gasteiger partial charge in [0.2, 0.25) is 0 Å². The van der Waals surface area contributed by atoms with E-state index < -0.39 is 19.7 Å². The Morgan fingerprint density at radius 1 is 0.279 bits per heavy atom. The van der Waals surface area contributed by atoms with Gasteiger partial charge < -0.3 is 24.3 Å². The van der Waals surface area contributed by atoms with Crippen molar-refractivity contribution < 1.29 is 19.4 Å². The summed E-state index contributed by atoms with van der Waals surface area (Å²) in [6, 6.07) is 144. The Hall–Kier alpha value is -13.7. The molecule has 1 aliphatic heterocycles. The van der Waals surface area contributed by atoms with Crippen molar-refractivity contribution in [3.63, 3.8) is 0 Å². The van der Waals surface area contributed by atoms with E-state index in [0.717, 1.165) is 43.1 Å². The monoisotopic (exact) mass is 1860 g/mol. The lowest BCUT2D eigenvalue weighted by Gasteiger charge is -2.32. The van der Waals surface area contributed by atoms with Crippen molar-refractivity contribution in [2.45, 2.75) is 88.3 Å². The molecule has 0 bridgehead atoms. The van der Waals surface area contributed by atoms with E-state index in [1.54, 1.807) is 24.3 Å². The summed E-state index contributed by atoms with van der Waals surface area (Å²) in [6.45, 7) is 26.0. The maximum absolute atomic E-state index is 8.63. The van der Waals surface area contributed by atoms with E-state index in [2.05, 4.69) is 453 Å². The molecule has 1 heterocycles. The quantitative estimate of drug-likeness (QED) is 0.126. The van der Waals surface area contributed by atoms with Crippen LogP contribution in [0.1, 0.15) is 133 Å². The molecular weight excluding hydrogens is 1760 g/mol. The van der Waals surface area contributed by atoms with E-state index >= 15 is 0 Å². The van der Waals surface area contributed by atoms with E-state index in [1.807, 2.05) is 24.3 Å². The van der Waals surface area contributed by atoms with E-state index in [4.69, 9.17) is 42.6 Å². The van der Waals surface area contributed by atoms with Crippen LogP contribution in [0.25, 0.3) is 123 Å². The highest BCUT2D eigenvalue weighted by Crippen LogP contribution is 2.66. The highest BCUT2D eigenvalue weighted by Gasteiger charge is 2.56. The first-order valence-electron chi connectivity index (χ1n) is 46.7. The van der Waals surface area contributed by atoms with Crippen molar-refractivity contribution in [3.8, 4) is 111 Å². The topological polar surface area (TPSA) is 62.2 Å². The maximum atomic E-state index is 8.63. The first-order chi connectivity index (χ1) is 65.9. The van der Waals surface area contributed by atoms with E-state index in [1.165, 1.54) is 178 Å². The zero-order valence-electron chi connectivity index (χ0n) is 77.1. The minimum atomic E-state index is -1.41. The molecule has 18 aromatic rings. The van der Waals surface area contributed by atoms with Crippen LogP contribution < -0.4 is 15.8 Å². The summed E-state index contributed by atoms with van der Waals surface area (Å²) in [5, 5.41) is 18.6. The van der Waals surface area contributed by atoms with Crippen molar-refractivity contribution in [2.75, 3.05) is 4.90 Å². The third-order valence-corrected chi connectivity index (χ3v) is 31.0. The number of fused-ring (bicyclic) bond motifs is 26. The van der Waals surface area contributed by atoms with Crippen LogP contribution in [0.3, 0.4) is 0 Å². The minimum absolute atomic E-state index is 0.0960. The average Bonchev–Trinajstić information content (AvgIpc) is 1.51. The predicted octanol–water partition coefficient (Wildman–Crippen LogP) is 31.5. The SMILES string of the molecule is C=Cc1ccccc1-c1ccc2c(c1)C1(c3ccccc3-c3ccc(-c4ccc(Cl)cc4)cc31)c1ccccc1-2.C=Cc1ccccc1-c1ccc2c(c1)C1(c3ccccc3-c3ccc(Br)cc31)c1ccccc1-2.CC1(C)c2ccccc2-c2ccc(N(c3ccc(-c4ccccc4)cc3)c3ccc4c(c3)C(C)(C)c3cc(B5OC(C)(C)C(C)(C)O5)ccc3-4)cc21.OB(O)c1ccc(Cl)cc1. The van der Waals surface area contributed by atoms with Gasteiger partial charge in [0.15, 0.2) is 0 Å². The molecule has 5 nitrogen and oxygen atoms in total. The maximum Gasteiger partial charge on any atom is 0.494 e. The van der Waals surface area contributed by atoms with Crippen molar-refractivity contribution >= 4 is 93.5 Å². The minimum Gasteiger partial charge on any atom is -0.423 e. The summed E-state index contributed by atoms with van der Waals surface area (Å²) in [4.78, 5) is 2.43. The first kappa shape index (κ1) is 87.6. The molecule has 7 aliphatic rings. The van der Waals surface area contributed by atoms with Gasteiger partial charge in [-0.3, -0.25) is 0 Å². The lowest BCUT2D eigenvalue weighted by atomic mass is 9.70. The molecule has 6 aliphatic carbocycles. The van der Waals surface area contributed by atoms with Crippen LogP contribution in [0.4, 0.5) is 17.1 Å². The molecule has 2 N–H and O–H groups in total. The van der Waals surface area contributed by atoms with Gasteiger partial charge in [-0.1, -0.05) is 402 Å². The fourth-order valence-electron chi connectivity index (χ4n) is 22.6. The number of nitrogens with zero attached hydrogens (tertiary/aromatic N) is 1. The van der Waals surface area contributed by atoms with Crippen LogP contribution in [0.15, 0.2) is 418 Å². The van der Waals surface area contributed by atoms with E-state index in [9.17, 15) is 0 Å². The number of rotatable bonds is 11. The highest BCUT2D eigenvalue weighted by molar-refractivity contribution is 9.10. The zero-order chi connectivity index (χ0) is 93.5. The van der Waals surface area contributed by atoms with Gasteiger partial charge in [0.1, 0.15) is 0 Å². The van der Waals surface area contributed by atoms with E-state index in [-0.39, 0.29) is 27.4 Å². The second kappa shape index (κ2) is 34.0. The molecule has 0 amide bonds. The zero-order valence-corrected chi connectivity index (χ0v) is 80.2. The second-order valence-electron chi connectivity index (χ2n) is 38.6. The predicted molar refractivity (Wildman–Crippen MR) is 573 cm³/mol. The molecule has 136 heavy (non-hydrogen) atoms. The Balaban J connectivity index is 0.000000114. The summed E-state index contributed by atoms with van der Waals surface area (Å²) in [5.74, 6) is 0. The second-order valence-corrected chi connectivity index (χ2v) is 40.4. The van der Waals surface area contributed by atoms with E-state index in [0.29, 0.717) is 10.5 Å². The fourth-order valence-corrected chi connectivity index (χ4v) is 23.3. The number of benzene rings is 18. The molecule has 0 radical (unpaired) electrons. The molecule has 10 heteroatoms. The van der Waals surface area contributed by atoms with Crippen LogP contribution in [-0.2, 0) is 31.0 Å². The molecule has 1 saturated heterocycles. The van der Waals surface area contributed by atoms with Gasteiger partial charge in [-0.2, -0.15) is 0 Å². The summed E-state index contributed by atoms with van der Waals surface area (Å²) in [6.07, 6.45) is 3.90. The van der Waals surface area contributed by atoms with Crippen LogP contribution in [0.2, 0.25) is 10.0 Å². The van der Waals surface area contributed by atoms with Gasteiger partial charge >= 0.3 is 14.2 Å². The van der Waals surface area contributed by atoms with Gasteiger partial charge in [-0.25, -0.2) is 0 Å². The molecule has 0 aromatic heterocycles. The van der Waals surface area contributed by atoms with Gasteiger partial charge in [0.05, 0.1) is 22.0 Å².